The van der Waals surface area contributed by atoms with Crippen molar-refractivity contribution in [2.45, 2.75) is 23.1 Å². The summed E-state index contributed by atoms with van der Waals surface area (Å²) in [5.74, 6) is 0.927. The molecular formula is C24H23BrN4O2S2. The first-order chi connectivity index (χ1) is 16.1. The van der Waals surface area contributed by atoms with Crippen LogP contribution in [0.5, 0.6) is 0 Å². The number of amides is 2. The maximum atomic E-state index is 12.7. The molecule has 1 fully saturated rings. The molecule has 4 heterocycles. The van der Waals surface area contributed by atoms with Crippen LogP contribution in [-0.2, 0) is 4.79 Å². The highest BCUT2D eigenvalue weighted by atomic mass is 79.9. The molecule has 0 unspecified atom stereocenters. The van der Waals surface area contributed by atoms with Gasteiger partial charge in [-0.2, -0.15) is 11.8 Å². The fourth-order valence-corrected chi connectivity index (χ4v) is 6.44. The second kappa shape index (κ2) is 9.95. The van der Waals surface area contributed by atoms with E-state index in [1.165, 1.54) is 11.8 Å². The number of pyridine rings is 1. The van der Waals surface area contributed by atoms with Crippen molar-refractivity contribution >= 4 is 63.0 Å². The number of piperidine rings is 1. The quantitative estimate of drug-likeness (QED) is 0.457. The number of hydrogen-bond donors (Lipinski definition) is 1. The van der Waals surface area contributed by atoms with Gasteiger partial charge in [-0.3, -0.25) is 14.0 Å². The number of nitrogens with one attached hydrogen (secondary N) is 1. The summed E-state index contributed by atoms with van der Waals surface area (Å²) in [6.07, 6.45) is 5.67. The van der Waals surface area contributed by atoms with Crippen molar-refractivity contribution < 1.29 is 9.59 Å². The van der Waals surface area contributed by atoms with Crippen LogP contribution >= 0.6 is 39.5 Å². The molecule has 0 bridgehead atoms. The number of imidazole rings is 1. The van der Waals surface area contributed by atoms with Crippen molar-refractivity contribution in [1.82, 2.24) is 19.6 Å². The fraction of sp³-hybridized carbons (Fsp3) is 0.292. The lowest BCUT2D eigenvalue weighted by Crippen LogP contribution is -2.39. The summed E-state index contributed by atoms with van der Waals surface area (Å²) < 4.78 is 3.04. The summed E-state index contributed by atoms with van der Waals surface area (Å²) in [4.78, 5) is 32.4. The summed E-state index contributed by atoms with van der Waals surface area (Å²) in [5, 5.41) is 4.58. The summed E-state index contributed by atoms with van der Waals surface area (Å²) in [5.41, 5.74) is 2.57. The average molecular weight is 544 g/mol. The first kappa shape index (κ1) is 22.6. The van der Waals surface area contributed by atoms with E-state index in [1.807, 2.05) is 65.2 Å². The molecule has 0 atom stereocenters. The Morgan fingerprint density at radius 2 is 1.94 bits per heavy atom. The molecule has 33 heavy (non-hydrogen) atoms. The number of hydrogen-bond acceptors (Lipinski definition) is 5. The molecule has 170 valence electrons. The number of aromatic nitrogens is 2. The van der Waals surface area contributed by atoms with Crippen molar-refractivity contribution in [1.29, 1.82) is 0 Å². The Balaban J connectivity index is 1.05. The van der Waals surface area contributed by atoms with E-state index in [-0.39, 0.29) is 11.8 Å². The van der Waals surface area contributed by atoms with Crippen molar-refractivity contribution in [3.05, 3.63) is 69.3 Å². The van der Waals surface area contributed by atoms with Crippen LogP contribution in [0.4, 0.5) is 0 Å². The van der Waals surface area contributed by atoms with Crippen molar-refractivity contribution in [2.75, 3.05) is 25.4 Å². The first-order valence-electron chi connectivity index (χ1n) is 10.9. The smallest absolute Gasteiger partial charge is 0.258 e. The minimum Gasteiger partial charge on any atom is -0.351 e. The van der Waals surface area contributed by atoms with Crippen LogP contribution in [0.25, 0.3) is 11.7 Å². The average Bonchev–Trinajstić information content (AvgIpc) is 3.26. The maximum Gasteiger partial charge on any atom is 0.258 e. The van der Waals surface area contributed by atoms with Gasteiger partial charge in [0.15, 0.2) is 0 Å². The Kier molecular flexibility index (Phi) is 6.80. The minimum atomic E-state index is -0.0417. The molecule has 1 aromatic carbocycles. The van der Waals surface area contributed by atoms with E-state index in [4.69, 9.17) is 0 Å². The Bertz CT molecular complexity index is 1220. The third kappa shape index (κ3) is 5.00. The van der Waals surface area contributed by atoms with E-state index in [1.54, 1.807) is 6.20 Å². The highest BCUT2D eigenvalue weighted by molar-refractivity contribution is 9.10. The molecule has 6 nitrogen and oxygen atoms in total. The van der Waals surface area contributed by atoms with Gasteiger partial charge in [-0.25, -0.2) is 4.98 Å². The number of benzene rings is 1. The van der Waals surface area contributed by atoms with Crippen molar-refractivity contribution in [2.24, 2.45) is 0 Å². The first-order valence-corrected chi connectivity index (χ1v) is 13.5. The number of halogens is 1. The largest absolute Gasteiger partial charge is 0.351 e. The molecule has 2 aliphatic heterocycles. The molecule has 2 aromatic heterocycles. The second-order valence-corrected chi connectivity index (χ2v) is 11.4. The number of carbonyl (C=O) groups is 2. The number of carbonyl (C=O) groups excluding carboxylic acids is 2. The molecule has 0 aliphatic carbocycles. The zero-order chi connectivity index (χ0) is 22.8. The van der Waals surface area contributed by atoms with Gasteiger partial charge < -0.3 is 10.2 Å². The van der Waals surface area contributed by atoms with Gasteiger partial charge in [-0.1, -0.05) is 33.8 Å². The predicted octanol–water partition coefficient (Wildman–Crippen LogP) is 4.70. The third-order valence-corrected chi connectivity index (χ3v) is 8.76. The van der Waals surface area contributed by atoms with Crippen LogP contribution in [0.1, 0.15) is 28.9 Å². The molecule has 3 aromatic rings. The van der Waals surface area contributed by atoms with Crippen molar-refractivity contribution in [3.8, 4) is 0 Å². The number of nitrogens with zero attached hydrogens (tertiary/aromatic N) is 3. The predicted molar refractivity (Wildman–Crippen MR) is 138 cm³/mol. The van der Waals surface area contributed by atoms with Gasteiger partial charge in [0.25, 0.3) is 11.8 Å². The molecule has 0 saturated carbocycles. The van der Waals surface area contributed by atoms with E-state index in [0.717, 1.165) is 58.1 Å². The fourth-order valence-electron chi connectivity index (χ4n) is 4.08. The SMILES string of the molecule is O=C(NCCSC1CCN(C(=O)c2ccc(Br)cc2)CC1)C1=Cc2cnc3cccc(n23)S1. The second-order valence-electron chi connectivity index (χ2n) is 7.98. The summed E-state index contributed by atoms with van der Waals surface area (Å²) in [6, 6.07) is 13.5. The van der Waals surface area contributed by atoms with E-state index in [0.29, 0.717) is 16.7 Å². The number of thioether (sulfide) groups is 2. The lowest BCUT2D eigenvalue weighted by Gasteiger charge is -2.31. The van der Waals surface area contributed by atoms with Gasteiger partial charge in [-0.05, 0) is 55.3 Å². The van der Waals surface area contributed by atoms with E-state index in [9.17, 15) is 9.59 Å². The van der Waals surface area contributed by atoms with Crippen LogP contribution in [0.3, 0.4) is 0 Å². The van der Waals surface area contributed by atoms with Gasteiger partial charge in [0.05, 0.1) is 21.8 Å². The van der Waals surface area contributed by atoms with E-state index in [2.05, 4.69) is 30.6 Å². The Hall–Kier alpha value is -2.23. The Morgan fingerprint density at radius 1 is 1.15 bits per heavy atom. The zero-order valence-electron chi connectivity index (χ0n) is 17.9. The lowest BCUT2D eigenvalue weighted by molar-refractivity contribution is -0.116. The summed E-state index contributed by atoms with van der Waals surface area (Å²) in [7, 11) is 0. The third-order valence-electron chi connectivity index (χ3n) is 5.80. The van der Waals surface area contributed by atoms with Gasteiger partial charge in [0.2, 0.25) is 0 Å². The molecule has 0 spiro atoms. The molecule has 1 saturated heterocycles. The van der Waals surface area contributed by atoms with Crippen molar-refractivity contribution in [3.63, 3.8) is 0 Å². The molecule has 2 amide bonds. The topological polar surface area (TPSA) is 66.7 Å². The van der Waals surface area contributed by atoms with Gasteiger partial charge in [-0.15, -0.1) is 0 Å². The Labute approximate surface area is 209 Å². The highest BCUT2D eigenvalue weighted by Crippen LogP contribution is 2.34. The monoisotopic (exact) mass is 542 g/mol. The molecule has 1 N–H and O–H groups in total. The standard InChI is InChI=1S/C24H23BrN4O2S2/c25-17-6-4-16(5-7-17)24(31)28-11-8-19(9-12-28)32-13-10-26-23(30)20-14-18-15-27-21-2-1-3-22(33-20)29(18)21/h1-7,14-15,19H,8-13H2,(H,26,30). The zero-order valence-corrected chi connectivity index (χ0v) is 21.1. The van der Waals surface area contributed by atoms with Gasteiger partial charge >= 0.3 is 0 Å². The molecule has 5 rings (SSSR count). The number of rotatable bonds is 6. The molecule has 0 radical (unpaired) electrons. The Morgan fingerprint density at radius 3 is 2.73 bits per heavy atom. The summed E-state index contributed by atoms with van der Waals surface area (Å²) in [6.45, 7) is 2.19. The lowest BCUT2D eigenvalue weighted by atomic mass is 10.1. The minimum absolute atomic E-state index is 0.0417. The van der Waals surface area contributed by atoms with Crippen LogP contribution in [0.2, 0.25) is 0 Å². The van der Waals surface area contributed by atoms with Crippen LogP contribution in [0.15, 0.2) is 63.1 Å². The normalized spacial score (nSPS) is 16.0. The van der Waals surface area contributed by atoms with E-state index >= 15 is 0 Å². The highest BCUT2D eigenvalue weighted by Gasteiger charge is 2.24. The maximum absolute atomic E-state index is 12.7. The molecule has 2 aliphatic rings. The number of likely N-dealkylation sites (tertiary alicyclic amines) is 1. The summed E-state index contributed by atoms with van der Waals surface area (Å²) >= 11 is 6.77. The van der Waals surface area contributed by atoms with Crippen LogP contribution < -0.4 is 5.32 Å². The van der Waals surface area contributed by atoms with Gasteiger partial charge in [0.1, 0.15) is 5.65 Å². The molecule has 9 heteroatoms. The van der Waals surface area contributed by atoms with Crippen LogP contribution in [-0.4, -0.2) is 56.7 Å². The van der Waals surface area contributed by atoms with Crippen LogP contribution in [0, 0.1) is 0 Å². The van der Waals surface area contributed by atoms with E-state index < -0.39 is 0 Å². The van der Waals surface area contributed by atoms with Gasteiger partial charge in [0, 0.05) is 40.7 Å². The molecular weight excluding hydrogens is 520 g/mol.